The molecule has 4 rings (SSSR count). The summed E-state index contributed by atoms with van der Waals surface area (Å²) in [6.07, 6.45) is 3.73. The summed E-state index contributed by atoms with van der Waals surface area (Å²) in [5.74, 6) is 0. The van der Waals surface area contributed by atoms with Gasteiger partial charge in [-0.2, -0.15) is 0 Å². The van der Waals surface area contributed by atoms with Crippen LogP contribution in [0.3, 0.4) is 0 Å². The van der Waals surface area contributed by atoms with Crippen molar-refractivity contribution in [3.63, 3.8) is 0 Å². The highest BCUT2D eigenvalue weighted by molar-refractivity contribution is 7.80. The second kappa shape index (κ2) is 6.28. The van der Waals surface area contributed by atoms with Crippen molar-refractivity contribution in [2.45, 2.75) is 0 Å². The molecule has 0 fully saturated rings. The molecule has 0 radical (unpaired) electrons. The van der Waals surface area contributed by atoms with Gasteiger partial charge in [0.25, 0.3) is 0 Å². The first-order chi connectivity index (χ1) is 11.4. The molecule has 23 heavy (non-hydrogen) atoms. The van der Waals surface area contributed by atoms with Gasteiger partial charge in [-0.15, -0.1) is 0 Å². The molecule has 110 valence electrons. The van der Waals surface area contributed by atoms with E-state index >= 15 is 0 Å². The molecule has 0 spiro atoms. The molecule has 0 bridgehead atoms. The van der Waals surface area contributed by atoms with Crippen LogP contribution in [0, 0.1) is 0 Å². The normalized spacial score (nSPS) is 11.0. The van der Waals surface area contributed by atoms with Gasteiger partial charge < -0.3 is 0 Å². The first-order valence-electron chi connectivity index (χ1n) is 7.53. The summed E-state index contributed by atoms with van der Waals surface area (Å²) >= 11 is 0. The van der Waals surface area contributed by atoms with Crippen molar-refractivity contribution in [3.8, 4) is 0 Å². The lowest BCUT2D eigenvalue weighted by molar-refractivity contribution is 1.35. The Morgan fingerprint density at radius 2 is 1.22 bits per heavy atom. The fraction of sp³-hybridized carbons (Fsp3) is 0. The largest absolute Gasteiger partial charge is 0.255 e. The Balaban J connectivity index is 1.98. The third-order valence-corrected chi connectivity index (χ3v) is 6.22. The molecule has 2 nitrogen and oxygen atoms in total. The lowest BCUT2D eigenvalue weighted by Crippen LogP contribution is -2.21. The highest BCUT2D eigenvalue weighted by atomic mass is 31.1. The molecule has 4 aromatic rings. The van der Waals surface area contributed by atoms with Crippen LogP contribution in [0.2, 0.25) is 0 Å². The maximum atomic E-state index is 4.61. The van der Waals surface area contributed by atoms with Gasteiger partial charge in [0.15, 0.2) is 0 Å². The van der Waals surface area contributed by atoms with Crippen LogP contribution in [-0.4, -0.2) is 9.97 Å². The van der Waals surface area contributed by atoms with Gasteiger partial charge in [-0.1, -0.05) is 60.7 Å². The van der Waals surface area contributed by atoms with E-state index in [0.29, 0.717) is 0 Å². The summed E-state index contributed by atoms with van der Waals surface area (Å²) in [5, 5.41) is 3.90. The van der Waals surface area contributed by atoms with Crippen molar-refractivity contribution in [3.05, 3.63) is 91.3 Å². The maximum Gasteiger partial charge on any atom is 0.0969 e. The molecule has 0 aliphatic carbocycles. The Hall–Kier alpha value is -2.57. The van der Waals surface area contributed by atoms with Crippen LogP contribution in [0.4, 0.5) is 0 Å². The molecule has 3 heteroatoms. The van der Waals surface area contributed by atoms with Gasteiger partial charge in [0.05, 0.1) is 11.0 Å². The van der Waals surface area contributed by atoms with Crippen molar-refractivity contribution in [2.75, 3.05) is 0 Å². The summed E-state index contributed by atoms with van der Waals surface area (Å²) in [6.45, 7) is 0. The summed E-state index contributed by atoms with van der Waals surface area (Å²) in [6, 6.07) is 27.4. The average molecular weight is 314 g/mol. The van der Waals surface area contributed by atoms with Crippen LogP contribution in [0.15, 0.2) is 91.3 Å². The number of hydrogen-bond donors (Lipinski definition) is 0. The van der Waals surface area contributed by atoms with Gasteiger partial charge >= 0.3 is 0 Å². The fourth-order valence-electron chi connectivity index (χ4n) is 2.73. The summed E-state index contributed by atoms with van der Waals surface area (Å²) in [7, 11) is -0.648. The molecule has 0 atom stereocenters. The van der Waals surface area contributed by atoms with Crippen LogP contribution >= 0.6 is 7.92 Å². The van der Waals surface area contributed by atoms with Crippen molar-refractivity contribution < 1.29 is 0 Å². The molecule has 0 amide bonds. The Morgan fingerprint density at radius 3 is 1.87 bits per heavy atom. The van der Waals surface area contributed by atoms with Crippen molar-refractivity contribution >= 4 is 34.9 Å². The van der Waals surface area contributed by atoms with Crippen LogP contribution in [0.25, 0.3) is 11.0 Å². The second-order valence-corrected chi connectivity index (χ2v) is 7.39. The lowest BCUT2D eigenvalue weighted by atomic mass is 10.3. The Morgan fingerprint density at radius 1 is 0.565 bits per heavy atom. The number of aromatic nitrogens is 2. The summed E-state index contributed by atoms with van der Waals surface area (Å²) in [5.41, 5.74) is 1.94. The smallest absolute Gasteiger partial charge is 0.0969 e. The Kier molecular flexibility index (Phi) is 3.83. The molecule has 0 N–H and O–H groups in total. The third kappa shape index (κ3) is 2.74. The Bertz CT molecular complexity index is 879. The van der Waals surface area contributed by atoms with E-state index in [1.807, 2.05) is 24.5 Å². The van der Waals surface area contributed by atoms with Gasteiger partial charge in [-0.05, 0) is 36.7 Å². The van der Waals surface area contributed by atoms with Gasteiger partial charge in [0, 0.05) is 17.7 Å². The standard InChI is InChI=1S/C20H15N2P/c1-3-8-16(9-4-1)23(17-10-5-2-6-11-17)19-13-15-21-18-12-7-14-22-20(18)19/h1-15H. The number of hydrogen-bond acceptors (Lipinski definition) is 2. The predicted molar refractivity (Wildman–Crippen MR) is 98.2 cm³/mol. The van der Waals surface area contributed by atoms with E-state index in [9.17, 15) is 0 Å². The van der Waals surface area contributed by atoms with Crippen molar-refractivity contribution in [2.24, 2.45) is 0 Å². The molecule has 2 heterocycles. The predicted octanol–water partition coefficient (Wildman–Crippen LogP) is 3.39. The SMILES string of the molecule is c1ccc(P(c2ccccc2)c2ccnc3cccnc23)cc1. The molecule has 0 aliphatic rings. The van der Waals surface area contributed by atoms with Crippen LogP contribution in [0.1, 0.15) is 0 Å². The quantitative estimate of drug-likeness (QED) is 0.542. The van der Waals surface area contributed by atoms with Crippen LogP contribution in [0.5, 0.6) is 0 Å². The molecular formula is C20H15N2P. The molecule has 2 aromatic heterocycles. The number of rotatable bonds is 3. The summed E-state index contributed by atoms with van der Waals surface area (Å²) < 4.78 is 0. The van der Waals surface area contributed by atoms with E-state index in [2.05, 4.69) is 76.7 Å². The van der Waals surface area contributed by atoms with E-state index in [0.717, 1.165) is 11.0 Å². The van der Waals surface area contributed by atoms with Gasteiger partial charge in [0.1, 0.15) is 0 Å². The van der Waals surface area contributed by atoms with Crippen LogP contribution in [-0.2, 0) is 0 Å². The molecule has 2 aromatic carbocycles. The number of nitrogens with zero attached hydrogens (tertiary/aromatic N) is 2. The molecule has 0 aliphatic heterocycles. The van der Waals surface area contributed by atoms with Gasteiger partial charge in [-0.25, -0.2) is 0 Å². The monoisotopic (exact) mass is 314 g/mol. The molecular weight excluding hydrogens is 299 g/mol. The van der Waals surface area contributed by atoms with E-state index in [1.54, 1.807) is 0 Å². The molecule has 0 unspecified atom stereocenters. The summed E-state index contributed by atoms with van der Waals surface area (Å²) in [4.78, 5) is 9.07. The highest BCUT2D eigenvalue weighted by Gasteiger charge is 2.19. The first kappa shape index (κ1) is 14.0. The number of fused-ring (bicyclic) bond motifs is 1. The van der Waals surface area contributed by atoms with Crippen molar-refractivity contribution in [1.82, 2.24) is 9.97 Å². The molecule has 0 saturated heterocycles. The zero-order valence-electron chi connectivity index (χ0n) is 12.5. The maximum absolute atomic E-state index is 4.61. The number of pyridine rings is 2. The first-order valence-corrected chi connectivity index (χ1v) is 8.87. The topological polar surface area (TPSA) is 25.8 Å². The van der Waals surface area contributed by atoms with Gasteiger partial charge in [-0.3, -0.25) is 9.97 Å². The van der Waals surface area contributed by atoms with Gasteiger partial charge in [0.2, 0.25) is 0 Å². The lowest BCUT2D eigenvalue weighted by Gasteiger charge is -2.20. The van der Waals surface area contributed by atoms with E-state index in [4.69, 9.17) is 0 Å². The minimum Gasteiger partial charge on any atom is -0.255 e. The average Bonchev–Trinajstić information content (AvgIpc) is 2.64. The second-order valence-electron chi connectivity index (χ2n) is 5.21. The van der Waals surface area contributed by atoms with Crippen molar-refractivity contribution in [1.29, 1.82) is 0 Å². The number of benzene rings is 2. The minimum absolute atomic E-state index is 0.648. The molecule has 0 saturated carbocycles. The minimum atomic E-state index is -0.648. The van der Waals surface area contributed by atoms with E-state index in [1.165, 1.54) is 15.9 Å². The zero-order valence-corrected chi connectivity index (χ0v) is 13.4. The fourth-order valence-corrected chi connectivity index (χ4v) is 5.12. The van der Waals surface area contributed by atoms with E-state index < -0.39 is 7.92 Å². The highest BCUT2D eigenvalue weighted by Crippen LogP contribution is 2.34. The zero-order chi connectivity index (χ0) is 15.5. The van der Waals surface area contributed by atoms with E-state index in [-0.39, 0.29) is 0 Å². The third-order valence-electron chi connectivity index (χ3n) is 3.74. The Labute approximate surface area is 136 Å². The van der Waals surface area contributed by atoms with Crippen LogP contribution < -0.4 is 15.9 Å².